The Morgan fingerprint density at radius 2 is 1.97 bits per heavy atom. The summed E-state index contributed by atoms with van der Waals surface area (Å²) < 4.78 is 7.42. The predicted molar refractivity (Wildman–Crippen MR) is 107 cm³/mol. The Hall–Kier alpha value is -3.39. The first kappa shape index (κ1) is 19.9. The molecule has 3 aromatic rings. The van der Waals surface area contributed by atoms with E-state index < -0.39 is 23.5 Å². The monoisotopic (exact) mass is 408 g/mol. The second-order valence-corrected chi connectivity index (χ2v) is 7.85. The molecule has 4 rings (SSSR count). The minimum absolute atomic E-state index is 0.0862. The highest BCUT2D eigenvalue weighted by Gasteiger charge is 2.46. The van der Waals surface area contributed by atoms with Crippen LogP contribution in [0.15, 0.2) is 46.5 Å². The van der Waals surface area contributed by atoms with Gasteiger partial charge in [-0.1, -0.05) is 11.8 Å². The molecule has 1 unspecified atom stereocenters. The molecule has 3 aromatic heterocycles. The maximum atomic E-state index is 13.6. The highest BCUT2D eigenvalue weighted by molar-refractivity contribution is 6.46. The molecule has 4 heterocycles. The summed E-state index contributed by atoms with van der Waals surface area (Å²) in [5.74, 6) is -0.894. The van der Waals surface area contributed by atoms with Crippen LogP contribution in [0.2, 0.25) is 0 Å². The number of furan rings is 1. The summed E-state index contributed by atoms with van der Waals surface area (Å²) in [4.78, 5) is 32.9. The molecule has 156 valence electrons. The Morgan fingerprint density at radius 1 is 1.20 bits per heavy atom. The summed E-state index contributed by atoms with van der Waals surface area (Å²) in [6, 6.07) is 8.04. The van der Waals surface area contributed by atoms with E-state index in [0.29, 0.717) is 36.0 Å². The third kappa shape index (κ3) is 3.19. The number of amides is 1. The van der Waals surface area contributed by atoms with E-state index in [4.69, 9.17) is 4.42 Å². The van der Waals surface area contributed by atoms with Gasteiger partial charge in [0.05, 0.1) is 38.6 Å². The van der Waals surface area contributed by atoms with Gasteiger partial charge in [-0.3, -0.25) is 9.59 Å². The maximum absolute atomic E-state index is 13.6. The number of aryl methyl sites for hydroxylation is 2. The molecule has 0 radical (unpaired) electrons. The number of rotatable bonds is 5. The highest BCUT2D eigenvalue weighted by atomic mass is 16.3. The van der Waals surface area contributed by atoms with Crippen LogP contribution in [-0.4, -0.2) is 53.2 Å². The Labute approximate surface area is 174 Å². The number of likely N-dealkylation sites (N-methyl/N-ethyl adjacent to an activating group) is 1. The predicted octanol–water partition coefficient (Wildman–Crippen LogP) is -0.0874. The lowest BCUT2D eigenvalue weighted by Crippen LogP contribution is -3.06. The van der Waals surface area contributed by atoms with Gasteiger partial charge in [-0.2, -0.15) is 0 Å². The first-order chi connectivity index (χ1) is 14.3. The topological polar surface area (TPSA) is 95.3 Å². The lowest BCUT2D eigenvalue weighted by Gasteiger charge is -2.25. The first-order valence-electron chi connectivity index (χ1n) is 9.85. The molecule has 8 heteroatoms. The SMILES string of the molecule is Cc1ccc(C2C(=C([O-])c3c(C)nc4ccccn34)C(=O)C(=O)N2CC[NH+](C)C)o1. The van der Waals surface area contributed by atoms with Gasteiger partial charge in [-0.25, -0.2) is 4.98 Å². The standard InChI is InChI=1S/C22H24N4O4/c1-13-8-9-15(30-13)19-17(21(28)22(29)26(19)12-11-24(3)4)20(27)18-14(2)23-16-7-5-6-10-25(16)18/h5-10,19,27H,11-12H2,1-4H3. The molecule has 0 aliphatic carbocycles. The van der Waals surface area contributed by atoms with Crippen LogP contribution in [0.25, 0.3) is 11.4 Å². The fourth-order valence-electron chi connectivity index (χ4n) is 3.86. The number of carbonyl (C=O) groups is 2. The smallest absolute Gasteiger partial charge is 0.295 e. The number of quaternary nitrogens is 1. The van der Waals surface area contributed by atoms with Crippen LogP contribution >= 0.6 is 0 Å². The lowest BCUT2D eigenvalue weighted by atomic mass is 10.0. The Kier molecular flexibility index (Phi) is 4.95. The van der Waals surface area contributed by atoms with E-state index in [9.17, 15) is 14.7 Å². The molecule has 8 nitrogen and oxygen atoms in total. The van der Waals surface area contributed by atoms with Gasteiger partial charge < -0.3 is 23.7 Å². The van der Waals surface area contributed by atoms with Crippen molar-refractivity contribution in [2.24, 2.45) is 0 Å². The van der Waals surface area contributed by atoms with Crippen molar-refractivity contribution < 1.29 is 24.0 Å². The van der Waals surface area contributed by atoms with Crippen molar-refractivity contribution in [3.8, 4) is 0 Å². The van der Waals surface area contributed by atoms with Crippen LogP contribution in [0.3, 0.4) is 0 Å². The molecule has 0 spiro atoms. The number of hydrogen-bond acceptors (Lipinski definition) is 5. The van der Waals surface area contributed by atoms with E-state index in [2.05, 4.69) is 4.98 Å². The fraction of sp³-hybridized carbons (Fsp3) is 0.318. The van der Waals surface area contributed by atoms with E-state index in [-0.39, 0.29) is 11.3 Å². The van der Waals surface area contributed by atoms with E-state index in [1.165, 1.54) is 4.90 Å². The first-order valence-corrected chi connectivity index (χ1v) is 9.85. The van der Waals surface area contributed by atoms with Crippen LogP contribution in [-0.2, 0) is 9.59 Å². The van der Waals surface area contributed by atoms with Gasteiger partial charge in [-0.15, -0.1) is 0 Å². The molecule has 1 atom stereocenters. The third-order valence-corrected chi connectivity index (χ3v) is 5.33. The number of hydrogen-bond donors (Lipinski definition) is 1. The lowest BCUT2D eigenvalue weighted by molar-refractivity contribution is -0.857. The second kappa shape index (κ2) is 7.46. The molecular formula is C22H24N4O4. The summed E-state index contributed by atoms with van der Waals surface area (Å²) in [6.45, 7) is 4.47. The van der Waals surface area contributed by atoms with Crippen molar-refractivity contribution in [3.05, 3.63) is 65.0 Å². The normalized spacial score (nSPS) is 18.8. The molecule has 1 saturated heterocycles. The number of ketones is 1. The van der Waals surface area contributed by atoms with Crippen molar-refractivity contribution in [2.75, 3.05) is 27.2 Å². The van der Waals surface area contributed by atoms with Gasteiger partial charge in [0.15, 0.2) is 0 Å². The van der Waals surface area contributed by atoms with Crippen LogP contribution in [0.4, 0.5) is 0 Å². The van der Waals surface area contributed by atoms with Crippen molar-refractivity contribution in [2.45, 2.75) is 19.9 Å². The zero-order valence-corrected chi connectivity index (χ0v) is 17.4. The summed E-state index contributed by atoms with van der Waals surface area (Å²) in [7, 11) is 3.93. The minimum atomic E-state index is -0.848. The Morgan fingerprint density at radius 3 is 2.63 bits per heavy atom. The minimum Gasteiger partial charge on any atom is -0.871 e. The molecule has 1 aliphatic rings. The Balaban J connectivity index is 1.91. The highest BCUT2D eigenvalue weighted by Crippen LogP contribution is 2.39. The van der Waals surface area contributed by atoms with Crippen LogP contribution in [0.5, 0.6) is 0 Å². The number of carbonyl (C=O) groups excluding carboxylic acids is 2. The third-order valence-electron chi connectivity index (χ3n) is 5.33. The number of Topliss-reactive ketones (excluding diaryl/α,β-unsaturated/α-hetero) is 1. The average Bonchev–Trinajstić information content (AvgIpc) is 3.34. The number of imidazole rings is 1. The summed E-state index contributed by atoms with van der Waals surface area (Å²) in [5, 5.41) is 13.6. The van der Waals surface area contributed by atoms with E-state index in [1.54, 1.807) is 48.7 Å². The molecule has 1 N–H and O–H groups in total. The van der Waals surface area contributed by atoms with Crippen LogP contribution in [0, 0.1) is 13.8 Å². The van der Waals surface area contributed by atoms with Crippen molar-refractivity contribution in [1.29, 1.82) is 0 Å². The zero-order chi connectivity index (χ0) is 21.6. The number of fused-ring (bicyclic) bond motifs is 1. The summed E-state index contributed by atoms with van der Waals surface area (Å²) in [5.41, 5.74) is 1.31. The Bertz CT molecular complexity index is 1170. The summed E-state index contributed by atoms with van der Waals surface area (Å²) >= 11 is 0. The maximum Gasteiger partial charge on any atom is 0.295 e. The molecule has 0 aromatic carbocycles. The number of nitrogens with one attached hydrogen (secondary N) is 1. The van der Waals surface area contributed by atoms with Gasteiger partial charge in [0, 0.05) is 11.8 Å². The number of nitrogens with zero attached hydrogens (tertiary/aromatic N) is 3. The zero-order valence-electron chi connectivity index (χ0n) is 17.4. The average molecular weight is 408 g/mol. The molecule has 1 aliphatic heterocycles. The molecule has 1 amide bonds. The van der Waals surface area contributed by atoms with E-state index >= 15 is 0 Å². The van der Waals surface area contributed by atoms with Crippen molar-refractivity contribution >= 4 is 23.1 Å². The fourth-order valence-corrected chi connectivity index (χ4v) is 3.86. The molecule has 0 bridgehead atoms. The second-order valence-electron chi connectivity index (χ2n) is 7.85. The van der Waals surface area contributed by atoms with Gasteiger partial charge in [-0.05, 0) is 38.1 Å². The number of pyridine rings is 1. The van der Waals surface area contributed by atoms with E-state index in [1.807, 2.05) is 20.2 Å². The van der Waals surface area contributed by atoms with Gasteiger partial charge in [0.2, 0.25) is 5.78 Å². The van der Waals surface area contributed by atoms with Crippen LogP contribution < -0.4 is 10.0 Å². The van der Waals surface area contributed by atoms with Gasteiger partial charge in [0.25, 0.3) is 5.91 Å². The van der Waals surface area contributed by atoms with Crippen LogP contribution in [0.1, 0.15) is 29.0 Å². The largest absolute Gasteiger partial charge is 0.871 e. The molecule has 1 fully saturated rings. The molecule has 30 heavy (non-hydrogen) atoms. The molecular weight excluding hydrogens is 384 g/mol. The quantitative estimate of drug-likeness (QED) is 0.362. The van der Waals surface area contributed by atoms with Gasteiger partial charge in [0.1, 0.15) is 23.2 Å². The van der Waals surface area contributed by atoms with Crippen molar-refractivity contribution in [3.63, 3.8) is 0 Å². The number of likely N-dealkylation sites (tertiary alicyclic amines) is 1. The van der Waals surface area contributed by atoms with E-state index in [0.717, 1.165) is 4.90 Å². The summed E-state index contributed by atoms with van der Waals surface area (Å²) in [6.07, 6.45) is 1.73. The number of aromatic nitrogens is 2. The van der Waals surface area contributed by atoms with Crippen molar-refractivity contribution in [1.82, 2.24) is 14.3 Å². The van der Waals surface area contributed by atoms with Gasteiger partial charge >= 0.3 is 0 Å². The molecule has 0 saturated carbocycles.